The summed E-state index contributed by atoms with van der Waals surface area (Å²) in [6.45, 7) is 2.62. The third-order valence-electron chi connectivity index (χ3n) is 4.37. The van der Waals surface area contributed by atoms with Crippen LogP contribution in [0.4, 0.5) is 0 Å². The summed E-state index contributed by atoms with van der Waals surface area (Å²) < 4.78 is 10.7. The van der Waals surface area contributed by atoms with Gasteiger partial charge in [0.1, 0.15) is 11.5 Å². The first-order valence-corrected chi connectivity index (χ1v) is 8.30. The summed E-state index contributed by atoms with van der Waals surface area (Å²) in [5, 5.41) is 0. The summed E-state index contributed by atoms with van der Waals surface area (Å²) in [6, 6.07) is 16.0. The highest BCUT2D eigenvalue weighted by molar-refractivity contribution is 5.99. The molecular weight excluding hydrogens is 300 g/mol. The van der Waals surface area contributed by atoms with Gasteiger partial charge in [0.15, 0.2) is 5.78 Å². The molecule has 0 aliphatic heterocycles. The van der Waals surface area contributed by atoms with Crippen molar-refractivity contribution in [2.24, 2.45) is 0 Å². The average molecular weight is 322 g/mol. The molecule has 3 rings (SSSR count). The molecule has 124 valence electrons. The Hall–Kier alpha value is -2.55. The van der Waals surface area contributed by atoms with Crippen LogP contribution in [0.25, 0.3) is 5.57 Å². The minimum atomic E-state index is 0.186. The number of allylic oxidation sites excluding steroid dienone is 2. The highest BCUT2D eigenvalue weighted by Crippen LogP contribution is 2.36. The molecule has 2 aromatic carbocycles. The van der Waals surface area contributed by atoms with Gasteiger partial charge < -0.3 is 9.47 Å². The molecular formula is C21H22O3. The molecule has 0 saturated heterocycles. The van der Waals surface area contributed by atoms with Gasteiger partial charge in [0.25, 0.3) is 0 Å². The van der Waals surface area contributed by atoms with Crippen molar-refractivity contribution in [1.29, 1.82) is 0 Å². The first-order valence-electron chi connectivity index (χ1n) is 8.30. The SMILES string of the molecule is CCOc1ccc(C2=CC(=O)CC(c3ccc(OC)cc3)C2)cc1. The van der Waals surface area contributed by atoms with E-state index in [1.54, 1.807) is 13.2 Å². The summed E-state index contributed by atoms with van der Waals surface area (Å²) in [5.41, 5.74) is 3.36. The lowest BCUT2D eigenvalue weighted by Gasteiger charge is -2.23. The van der Waals surface area contributed by atoms with Crippen molar-refractivity contribution in [2.75, 3.05) is 13.7 Å². The summed E-state index contributed by atoms with van der Waals surface area (Å²) in [7, 11) is 1.66. The Bertz CT molecular complexity index is 727. The standard InChI is InChI=1S/C21H22O3/c1-3-24-21-10-6-16(7-11-21)18-12-17(13-19(22)14-18)15-4-8-20(23-2)9-5-15/h4-11,14,17H,3,12-13H2,1-2H3. The van der Waals surface area contributed by atoms with Crippen LogP contribution in [0.2, 0.25) is 0 Å². The molecule has 0 radical (unpaired) electrons. The quantitative estimate of drug-likeness (QED) is 0.805. The fraction of sp³-hybridized carbons (Fsp3) is 0.286. The van der Waals surface area contributed by atoms with Gasteiger partial charge in [-0.05, 0) is 66.3 Å². The molecule has 3 nitrogen and oxygen atoms in total. The Morgan fingerprint density at radius 3 is 2.25 bits per heavy atom. The van der Waals surface area contributed by atoms with Gasteiger partial charge in [-0.1, -0.05) is 24.3 Å². The lowest BCUT2D eigenvalue weighted by atomic mass is 9.81. The van der Waals surface area contributed by atoms with Crippen molar-refractivity contribution >= 4 is 11.4 Å². The van der Waals surface area contributed by atoms with Gasteiger partial charge in [-0.25, -0.2) is 0 Å². The second-order valence-corrected chi connectivity index (χ2v) is 5.97. The van der Waals surface area contributed by atoms with E-state index in [1.807, 2.05) is 43.3 Å². The number of ether oxygens (including phenoxy) is 2. The zero-order valence-electron chi connectivity index (χ0n) is 14.1. The molecule has 0 bridgehead atoms. The summed E-state index contributed by atoms with van der Waals surface area (Å²) in [6.07, 6.45) is 3.22. The molecule has 24 heavy (non-hydrogen) atoms. The molecule has 2 aromatic rings. The van der Waals surface area contributed by atoms with Gasteiger partial charge in [0.05, 0.1) is 13.7 Å². The zero-order valence-corrected chi connectivity index (χ0v) is 14.1. The van der Waals surface area contributed by atoms with Crippen molar-refractivity contribution in [3.8, 4) is 11.5 Å². The smallest absolute Gasteiger partial charge is 0.156 e. The monoisotopic (exact) mass is 322 g/mol. The number of carbonyl (C=O) groups excluding carboxylic acids is 1. The zero-order chi connectivity index (χ0) is 16.9. The average Bonchev–Trinajstić information content (AvgIpc) is 2.62. The van der Waals surface area contributed by atoms with Crippen molar-refractivity contribution in [3.63, 3.8) is 0 Å². The topological polar surface area (TPSA) is 35.5 Å². The number of ketones is 1. The lowest BCUT2D eigenvalue weighted by molar-refractivity contribution is -0.115. The van der Waals surface area contributed by atoms with Gasteiger partial charge in [-0.2, -0.15) is 0 Å². The van der Waals surface area contributed by atoms with Crippen molar-refractivity contribution in [1.82, 2.24) is 0 Å². The number of benzene rings is 2. The second-order valence-electron chi connectivity index (χ2n) is 5.97. The van der Waals surface area contributed by atoms with E-state index in [0.717, 1.165) is 29.1 Å². The summed E-state index contributed by atoms with van der Waals surface area (Å²) in [5.74, 6) is 2.10. The van der Waals surface area contributed by atoms with Crippen molar-refractivity contribution in [2.45, 2.75) is 25.7 Å². The second kappa shape index (κ2) is 7.35. The molecule has 0 N–H and O–H groups in total. The van der Waals surface area contributed by atoms with E-state index in [0.29, 0.717) is 13.0 Å². The van der Waals surface area contributed by atoms with Gasteiger partial charge in [-0.15, -0.1) is 0 Å². The molecule has 0 fully saturated rings. The predicted molar refractivity (Wildman–Crippen MR) is 95.6 cm³/mol. The minimum absolute atomic E-state index is 0.186. The van der Waals surface area contributed by atoms with Gasteiger partial charge >= 0.3 is 0 Å². The third-order valence-corrected chi connectivity index (χ3v) is 4.37. The van der Waals surface area contributed by atoms with E-state index in [-0.39, 0.29) is 11.7 Å². The van der Waals surface area contributed by atoms with E-state index >= 15 is 0 Å². The fourth-order valence-electron chi connectivity index (χ4n) is 3.14. The van der Waals surface area contributed by atoms with Gasteiger partial charge in [0, 0.05) is 6.42 Å². The maximum atomic E-state index is 12.2. The molecule has 1 aliphatic carbocycles. The lowest BCUT2D eigenvalue weighted by Crippen LogP contribution is -2.12. The number of rotatable bonds is 5. The maximum Gasteiger partial charge on any atom is 0.156 e. The maximum absolute atomic E-state index is 12.2. The van der Waals surface area contributed by atoms with E-state index < -0.39 is 0 Å². The first-order chi connectivity index (χ1) is 11.7. The molecule has 0 saturated carbocycles. The predicted octanol–water partition coefficient (Wildman–Crippen LogP) is 4.62. The van der Waals surface area contributed by atoms with Crippen molar-refractivity contribution in [3.05, 3.63) is 65.7 Å². The van der Waals surface area contributed by atoms with Gasteiger partial charge in [-0.3, -0.25) is 4.79 Å². The largest absolute Gasteiger partial charge is 0.497 e. The number of hydrogen-bond acceptors (Lipinski definition) is 3. The van der Waals surface area contributed by atoms with Crippen LogP contribution >= 0.6 is 0 Å². The molecule has 3 heteroatoms. The van der Waals surface area contributed by atoms with Crippen LogP contribution in [0.15, 0.2) is 54.6 Å². The van der Waals surface area contributed by atoms with E-state index in [9.17, 15) is 4.79 Å². The van der Waals surface area contributed by atoms with E-state index in [1.165, 1.54) is 5.56 Å². The van der Waals surface area contributed by atoms with Crippen LogP contribution in [-0.2, 0) is 4.79 Å². The third kappa shape index (κ3) is 3.67. The van der Waals surface area contributed by atoms with Crippen LogP contribution < -0.4 is 9.47 Å². The number of methoxy groups -OCH3 is 1. The van der Waals surface area contributed by atoms with E-state index in [4.69, 9.17) is 9.47 Å². The van der Waals surface area contributed by atoms with Crippen LogP contribution in [0.5, 0.6) is 11.5 Å². The molecule has 1 atom stereocenters. The van der Waals surface area contributed by atoms with Crippen LogP contribution in [0, 0.1) is 0 Å². The Labute approximate surface area is 142 Å². The molecule has 0 aromatic heterocycles. The minimum Gasteiger partial charge on any atom is -0.497 e. The Balaban J connectivity index is 1.80. The highest BCUT2D eigenvalue weighted by atomic mass is 16.5. The molecule has 1 aliphatic rings. The normalized spacial score (nSPS) is 17.3. The van der Waals surface area contributed by atoms with Gasteiger partial charge in [0.2, 0.25) is 0 Å². The Kier molecular flexibility index (Phi) is 4.99. The molecule has 0 heterocycles. The Morgan fingerprint density at radius 1 is 0.958 bits per heavy atom. The first kappa shape index (κ1) is 16.3. The molecule has 0 amide bonds. The number of carbonyl (C=O) groups is 1. The fourth-order valence-corrected chi connectivity index (χ4v) is 3.14. The van der Waals surface area contributed by atoms with Crippen LogP contribution in [0.1, 0.15) is 36.8 Å². The summed E-state index contributed by atoms with van der Waals surface area (Å²) >= 11 is 0. The molecule has 1 unspecified atom stereocenters. The van der Waals surface area contributed by atoms with E-state index in [2.05, 4.69) is 12.1 Å². The number of hydrogen-bond donors (Lipinski definition) is 0. The van der Waals surface area contributed by atoms with Crippen molar-refractivity contribution < 1.29 is 14.3 Å². The highest BCUT2D eigenvalue weighted by Gasteiger charge is 2.23. The van der Waals surface area contributed by atoms with Crippen LogP contribution in [-0.4, -0.2) is 19.5 Å². The summed E-state index contributed by atoms with van der Waals surface area (Å²) in [4.78, 5) is 12.2. The molecule has 0 spiro atoms. The Morgan fingerprint density at radius 2 is 1.62 bits per heavy atom. The van der Waals surface area contributed by atoms with Crippen LogP contribution in [0.3, 0.4) is 0 Å².